The predicted molar refractivity (Wildman–Crippen MR) is 126 cm³/mol. The molecule has 0 radical (unpaired) electrons. The number of halogens is 1. The van der Waals surface area contributed by atoms with E-state index in [-0.39, 0.29) is 5.69 Å². The third-order valence-corrected chi connectivity index (χ3v) is 5.49. The molecule has 0 unspecified atom stereocenters. The molecule has 0 spiro atoms. The number of nitrogens with one attached hydrogen (secondary N) is 3. The van der Waals surface area contributed by atoms with Gasteiger partial charge in [0.2, 0.25) is 0 Å². The van der Waals surface area contributed by atoms with E-state index in [0.29, 0.717) is 17.7 Å². The van der Waals surface area contributed by atoms with E-state index >= 15 is 0 Å². The minimum absolute atomic E-state index is 0.209. The first-order valence-corrected chi connectivity index (χ1v) is 10.9. The number of fused-ring (bicyclic) bond motifs is 1. The van der Waals surface area contributed by atoms with E-state index in [1.165, 1.54) is 4.68 Å². The lowest BCUT2D eigenvalue weighted by molar-refractivity contribution is -0.136. The SMILES string of the molecule is CCCCNC(=O)C(=O)Nn1c(C(=O)Nc2ccc(C)c(C)c2)cc2cc(Br)ccc21. The van der Waals surface area contributed by atoms with Crippen molar-refractivity contribution in [3.05, 3.63) is 63.8 Å². The molecule has 0 saturated carbocycles. The van der Waals surface area contributed by atoms with Crippen molar-refractivity contribution >= 4 is 50.2 Å². The maximum Gasteiger partial charge on any atom is 0.328 e. The molecular weight excluding hydrogens is 460 g/mol. The van der Waals surface area contributed by atoms with Gasteiger partial charge in [0.25, 0.3) is 5.91 Å². The number of aromatic nitrogens is 1. The molecule has 3 aromatic rings. The summed E-state index contributed by atoms with van der Waals surface area (Å²) in [5.74, 6) is -1.98. The van der Waals surface area contributed by atoms with E-state index in [9.17, 15) is 14.4 Å². The Labute approximate surface area is 189 Å². The number of unbranched alkanes of at least 4 members (excludes halogenated alkanes) is 1. The number of hydrogen-bond acceptors (Lipinski definition) is 3. The molecule has 1 aromatic heterocycles. The summed E-state index contributed by atoms with van der Waals surface area (Å²) in [6.45, 7) is 6.38. The number of anilines is 1. The van der Waals surface area contributed by atoms with Gasteiger partial charge in [-0.3, -0.25) is 19.8 Å². The van der Waals surface area contributed by atoms with Crippen LogP contribution in [0.25, 0.3) is 10.9 Å². The Bertz CT molecular complexity index is 1150. The van der Waals surface area contributed by atoms with Crippen LogP contribution >= 0.6 is 15.9 Å². The van der Waals surface area contributed by atoms with E-state index in [4.69, 9.17) is 0 Å². The summed E-state index contributed by atoms with van der Waals surface area (Å²) < 4.78 is 2.18. The van der Waals surface area contributed by atoms with Crippen molar-refractivity contribution in [2.45, 2.75) is 33.6 Å². The van der Waals surface area contributed by atoms with Crippen LogP contribution in [0.3, 0.4) is 0 Å². The molecule has 0 aliphatic heterocycles. The zero-order valence-corrected chi connectivity index (χ0v) is 19.3. The Hall–Kier alpha value is -3.13. The molecule has 0 aliphatic rings. The van der Waals surface area contributed by atoms with E-state index in [1.54, 1.807) is 18.2 Å². The highest BCUT2D eigenvalue weighted by Crippen LogP contribution is 2.24. The van der Waals surface area contributed by atoms with Gasteiger partial charge in [0, 0.05) is 22.1 Å². The Morgan fingerprint density at radius 2 is 1.74 bits per heavy atom. The molecule has 31 heavy (non-hydrogen) atoms. The number of aryl methyl sites for hydroxylation is 2. The number of hydrogen-bond donors (Lipinski definition) is 3. The minimum Gasteiger partial charge on any atom is -0.348 e. The maximum atomic E-state index is 13.1. The van der Waals surface area contributed by atoms with Gasteiger partial charge >= 0.3 is 11.8 Å². The summed E-state index contributed by atoms with van der Waals surface area (Å²) in [4.78, 5) is 37.6. The molecular formula is C23H25BrN4O3. The third-order valence-electron chi connectivity index (χ3n) is 5.00. The van der Waals surface area contributed by atoms with E-state index < -0.39 is 17.7 Å². The Morgan fingerprint density at radius 3 is 2.45 bits per heavy atom. The van der Waals surface area contributed by atoms with Crippen LogP contribution < -0.4 is 16.1 Å². The first-order chi connectivity index (χ1) is 14.8. The molecule has 8 heteroatoms. The van der Waals surface area contributed by atoms with Gasteiger partial charge in [0.1, 0.15) is 5.69 Å². The zero-order chi connectivity index (χ0) is 22.5. The molecule has 3 rings (SSSR count). The van der Waals surface area contributed by atoms with Crippen LogP contribution in [0.4, 0.5) is 5.69 Å². The highest BCUT2D eigenvalue weighted by Gasteiger charge is 2.21. The Morgan fingerprint density at radius 1 is 0.968 bits per heavy atom. The second-order valence-corrected chi connectivity index (χ2v) is 8.29. The highest BCUT2D eigenvalue weighted by molar-refractivity contribution is 9.10. The largest absolute Gasteiger partial charge is 0.348 e. The van der Waals surface area contributed by atoms with Gasteiger partial charge in [-0.1, -0.05) is 35.3 Å². The second kappa shape index (κ2) is 9.78. The van der Waals surface area contributed by atoms with Crippen LogP contribution in [0.5, 0.6) is 0 Å². The minimum atomic E-state index is -0.836. The van der Waals surface area contributed by atoms with E-state index in [2.05, 4.69) is 32.0 Å². The number of carbonyl (C=O) groups is 3. The first kappa shape index (κ1) is 22.6. The lowest BCUT2D eigenvalue weighted by Crippen LogP contribution is -2.40. The van der Waals surface area contributed by atoms with E-state index in [1.807, 2.05) is 45.0 Å². The molecule has 3 amide bonds. The molecule has 2 aromatic carbocycles. The fourth-order valence-electron chi connectivity index (χ4n) is 3.10. The van der Waals surface area contributed by atoms with Crippen LogP contribution in [-0.2, 0) is 9.59 Å². The average Bonchev–Trinajstić information content (AvgIpc) is 3.08. The van der Waals surface area contributed by atoms with Crippen LogP contribution in [0.1, 0.15) is 41.4 Å². The Kier molecular flexibility index (Phi) is 7.12. The zero-order valence-electron chi connectivity index (χ0n) is 17.7. The second-order valence-electron chi connectivity index (χ2n) is 7.37. The van der Waals surface area contributed by atoms with Gasteiger partial charge in [-0.15, -0.1) is 0 Å². The van der Waals surface area contributed by atoms with Crippen molar-refractivity contribution < 1.29 is 14.4 Å². The van der Waals surface area contributed by atoms with Crippen molar-refractivity contribution in [3.8, 4) is 0 Å². The number of carbonyl (C=O) groups excluding carboxylic acids is 3. The maximum absolute atomic E-state index is 13.1. The number of rotatable bonds is 6. The fraction of sp³-hybridized carbons (Fsp3) is 0.261. The summed E-state index contributed by atoms with van der Waals surface area (Å²) in [6.07, 6.45) is 1.69. The highest BCUT2D eigenvalue weighted by atomic mass is 79.9. The average molecular weight is 485 g/mol. The predicted octanol–water partition coefficient (Wildman–Crippen LogP) is 4.26. The van der Waals surface area contributed by atoms with Gasteiger partial charge in [0.05, 0.1) is 5.52 Å². The van der Waals surface area contributed by atoms with Crippen molar-refractivity contribution in [1.29, 1.82) is 0 Å². The summed E-state index contributed by atoms with van der Waals surface area (Å²) in [7, 11) is 0. The molecule has 3 N–H and O–H groups in total. The van der Waals surface area contributed by atoms with E-state index in [0.717, 1.165) is 33.8 Å². The lowest BCUT2D eigenvalue weighted by Gasteiger charge is -2.13. The summed E-state index contributed by atoms with van der Waals surface area (Å²) in [5, 5.41) is 6.19. The summed E-state index contributed by atoms with van der Waals surface area (Å²) >= 11 is 3.42. The number of nitrogens with zero attached hydrogens (tertiary/aromatic N) is 1. The molecule has 0 bridgehead atoms. The number of amides is 3. The Balaban J connectivity index is 1.91. The summed E-state index contributed by atoms with van der Waals surface area (Å²) in [6, 6.07) is 12.7. The standard InChI is InChI=1S/C23H25BrN4O3/c1-4-5-10-25-22(30)23(31)27-28-19-9-7-17(24)12-16(19)13-20(28)21(29)26-18-8-6-14(2)15(3)11-18/h6-9,11-13H,4-5,10H2,1-3H3,(H,25,30)(H,26,29)(H,27,31). The van der Waals surface area contributed by atoms with Crippen LogP contribution in [0, 0.1) is 13.8 Å². The van der Waals surface area contributed by atoms with Gasteiger partial charge in [0.15, 0.2) is 0 Å². The monoisotopic (exact) mass is 484 g/mol. The van der Waals surface area contributed by atoms with Gasteiger partial charge < -0.3 is 10.6 Å². The summed E-state index contributed by atoms with van der Waals surface area (Å²) in [5.41, 5.74) is 6.19. The lowest BCUT2D eigenvalue weighted by atomic mass is 10.1. The van der Waals surface area contributed by atoms with Crippen LogP contribution in [-0.4, -0.2) is 28.9 Å². The molecule has 162 valence electrons. The van der Waals surface area contributed by atoms with Crippen LogP contribution in [0.15, 0.2) is 46.9 Å². The van der Waals surface area contributed by atoms with Crippen molar-refractivity contribution in [1.82, 2.24) is 9.99 Å². The van der Waals surface area contributed by atoms with Gasteiger partial charge in [-0.25, -0.2) is 4.68 Å². The van der Waals surface area contributed by atoms with Gasteiger partial charge in [-0.2, -0.15) is 0 Å². The van der Waals surface area contributed by atoms with Crippen LogP contribution in [0.2, 0.25) is 0 Å². The molecule has 0 fully saturated rings. The molecule has 0 aliphatic carbocycles. The van der Waals surface area contributed by atoms with Crippen molar-refractivity contribution in [2.75, 3.05) is 17.3 Å². The van der Waals surface area contributed by atoms with Crippen molar-refractivity contribution in [2.24, 2.45) is 0 Å². The van der Waals surface area contributed by atoms with Crippen molar-refractivity contribution in [3.63, 3.8) is 0 Å². The smallest absolute Gasteiger partial charge is 0.328 e. The van der Waals surface area contributed by atoms with Gasteiger partial charge in [-0.05, 0) is 67.8 Å². The normalized spacial score (nSPS) is 10.7. The molecule has 1 heterocycles. The molecule has 7 nitrogen and oxygen atoms in total. The number of benzene rings is 2. The molecule has 0 atom stereocenters. The topological polar surface area (TPSA) is 92.2 Å². The first-order valence-electron chi connectivity index (χ1n) is 10.1. The fourth-order valence-corrected chi connectivity index (χ4v) is 3.48. The third kappa shape index (κ3) is 5.32. The quantitative estimate of drug-likeness (QED) is 0.360. The molecule has 0 saturated heterocycles.